The topological polar surface area (TPSA) is 54.0 Å². The van der Waals surface area contributed by atoms with Crippen LogP contribution in [-0.4, -0.2) is 5.78 Å². The SMILES string of the molecule is N#CC(C(=O)c1ccc(Cl)o1)c1ccc(Br)cc1. The number of furan rings is 1. The van der Waals surface area contributed by atoms with Crippen LogP contribution in [0.1, 0.15) is 22.0 Å². The Balaban J connectivity index is 2.32. The summed E-state index contributed by atoms with van der Waals surface area (Å²) in [4.78, 5) is 12.1. The third-order valence-electron chi connectivity index (χ3n) is 2.41. The van der Waals surface area contributed by atoms with Crippen molar-refractivity contribution in [2.45, 2.75) is 5.92 Å². The van der Waals surface area contributed by atoms with Gasteiger partial charge in [0, 0.05) is 4.47 Å². The van der Waals surface area contributed by atoms with E-state index in [4.69, 9.17) is 21.3 Å². The highest BCUT2D eigenvalue weighted by Crippen LogP contribution is 2.24. The summed E-state index contributed by atoms with van der Waals surface area (Å²) in [5.74, 6) is -1.19. The summed E-state index contributed by atoms with van der Waals surface area (Å²) in [5, 5.41) is 9.26. The lowest BCUT2D eigenvalue weighted by Crippen LogP contribution is -2.10. The van der Waals surface area contributed by atoms with Crippen molar-refractivity contribution in [1.82, 2.24) is 0 Å². The summed E-state index contributed by atoms with van der Waals surface area (Å²) in [6.45, 7) is 0. The van der Waals surface area contributed by atoms with E-state index in [9.17, 15) is 4.79 Å². The number of halogens is 2. The number of nitriles is 1. The van der Waals surface area contributed by atoms with Crippen LogP contribution in [0.5, 0.6) is 0 Å². The molecular formula is C13H7BrClNO2. The first kappa shape index (κ1) is 12.9. The molecule has 1 unspecified atom stereocenters. The zero-order chi connectivity index (χ0) is 13.1. The fourth-order valence-electron chi connectivity index (χ4n) is 1.53. The Morgan fingerprint density at radius 2 is 1.94 bits per heavy atom. The molecule has 0 amide bonds. The first-order chi connectivity index (χ1) is 8.61. The molecule has 18 heavy (non-hydrogen) atoms. The van der Waals surface area contributed by atoms with E-state index in [1.165, 1.54) is 12.1 Å². The molecule has 0 bridgehead atoms. The Bertz CT molecular complexity index is 613. The van der Waals surface area contributed by atoms with Crippen LogP contribution in [0.3, 0.4) is 0 Å². The molecule has 2 rings (SSSR count). The monoisotopic (exact) mass is 323 g/mol. The number of rotatable bonds is 3. The fourth-order valence-corrected chi connectivity index (χ4v) is 1.94. The third-order valence-corrected chi connectivity index (χ3v) is 3.14. The van der Waals surface area contributed by atoms with Crippen LogP contribution in [-0.2, 0) is 0 Å². The number of carbonyl (C=O) groups is 1. The first-order valence-electron chi connectivity index (χ1n) is 5.06. The second-order valence-corrected chi connectivity index (χ2v) is 4.87. The van der Waals surface area contributed by atoms with Crippen molar-refractivity contribution in [3.05, 3.63) is 57.4 Å². The number of ketones is 1. The van der Waals surface area contributed by atoms with Gasteiger partial charge in [-0.25, -0.2) is 0 Å². The molecule has 1 aromatic carbocycles. The van der Waals surface area contributed by atoms with Crippen LogP contribution in [0.25, 0.3) is 0 Å². The van der Waals surface area contributed by atoms with E-state index in [0.717, 1.165) is 4.47 Å². The predicted molar refractivity (Wildman–Crippen MR) is 70.5 cm³/mol. The second kappa shape index (κ2) is 5.38. The predicted octanol–water partition coefficient (Wildman–Crippen LogP) is 4.19. The first-order valence-corrected chi connectivity index (χ1v) is 6.23. The molecule has 1 aromatic heterocycles. The van der Waals surface area contributed by atoms with E-state index in [0.29, 0.717) is 5.56 Å². The highest BCUT2D eigenvalue weighted by Gasteiger charge is 2.24. The van der Waals surface area contributed by atoms with Gasteiger partial charge >= 0.3 is 0 Å². The van der Waals surface area contributed by atoms with Crippen molar-refractivity contribution in [1.29, 1.82) is 5.26 Å². The van der Waals surface area contributed by atoms with E-state index in [2.05, 4.69) is 15.9 Å². The summed E-state index contributed by atoms with van der Waals surface area (Å²) in [5.41, 5.74) is 0.623. The number of hydrogen-bond donors (Lipinski definition) is 0. The minimum Gasteiger partial charge on any atom is -0.442 e. The van der Waals surface area contributed by atoms with E-state index in [-0.39, 0.29) is 11.0 Å². The van der Waals surface area contributed by atoms with Gasteiger partial charge in [-0.15, -0.1) is 0 Å². The number of hydrogen-bond acceptors (Lipinski definition) is 3. The Kier molecular flexibility index (Phi) is 3.85. The number of nitrogens with zero attached hydrogens (tertiary/aromatic N) is 1. The van der Waals surface area contributed by atoms with Crippen LogP contribution in [0, 0.1) is 11.3 Å². The Hall–Kier alpha value is -1.57. The molecule has 0 aliphatic rings. The molecule has 0 saturated heterocycles. The van der Waals surface area contributed by atoms with Gasteiger partial charge in [-0.1, -0.05) is 28.1 Å². The lowest BCUT2D eigenvalue weighted by Gasteiger charge is -2.06. The zero-order valence-corrected chi connectivity index (χ0v) is 11.4. The molecule has 0 spiro atoms. The van der Waals surface area contributed by atoms with Gasteiger partial charge in [-0.05, 0) is 41.4 Å². The van der Waals surface area contributed by atoms with Crippen LogP contribution in [0.2, 0.25) is 5.22 Å². The molecule has 3 nitrogen and oxygen atoms in total. The molecular weight excluding hydrogens is 318 g/mol. The van der Waals surface area contributed by atoms with Crippen molar-refractivity contribution in [2.75, 3.05) is 0 Å². The smallest absolute Gasteiger partial charge is 0.219 e. The molecule has 5 heteroatoms. The molecule has 0 aliphatic heterocycles. The lowest BCUT2D eigenvalue weighted by atomic mass is 9.95. The number of carbonyl (C=O) groups excluding carboxylic acids is 1. The van der Waals surface area contributed by atoms with Crippen molar-refractivity contribution >= 4 is 33.3 Å². The summed E-state index contributed by atoms with van der Waals surface area (Å²) < 4.78 is 5.91. The fraction of sp³-hybridized carbons (Fsp3) is 0.0769. The maximum absolute atomic E-state index is 12.1. The van der Waals surface area contributed by atoms with Gasteiger partial charge < -0.3 is 4.42 Å². The number of Topliss-reactive ketones (excluding diaryl/α,β-unsaturated/α-hetero) is 1. The quantitative estimate of drug-likeness (QED) is 0.796. The Morgan fingerprint density at radius 1 is 1.28 bits per heavy atom. The summed E-state index contributed by atoms with van der Waals surface area (Å²) in [6, 6.07) is 11.9. The minimum atomic E-state index is -0.889. The largest absolute Gasteiger partial charge is 0.442 e. The summed E-state index contributed by atoms with van der Waals surface area (Å²) in [6.07, 6.45) is 0. The van der Waals surface area contributed by atoms with Crippen molar-refractivity contribution < 1.29 is 9.21 Å². The van der Waals surface area contributed by atoms with Gasteiger partial charge in [0.25, 0.3) is 0 Å². The summed E-state index contributed by atoms with van der Waals surface area (Å²) >= 11 is 8.91. The molecule has 1 atom stereocenters. The van der Waals surface area contributed by atoms with Gasteiger partial charge in [0.1, 0.15) is 5.92 Å². The molecule has 1 heterocycles. The average Bonchev–Trinajstić information content (AvgIpc) is 2.79. The third kappa shape index (κ3) is 2.63. The van der Waals surface area contributed by atoms with E-state index in [1.54, 1.807) is 24.3 Å². The summed E-state index contributed by atoms with van der Waals surface area (Å²) in [7, 11) is 0. The Morgan fingerprint density at radius 3 is 2.44 bits per heavy atom. The van der Waals surface area contributed by atoms with E-state index in [1.807, 2.05) is 6.07 Å². The molecule has 0 radical (unpaired) electrons. The van der Waals surface area contributed by atoms with Crippen molar-refractivity contribution in [3.63, 3.8) is 0 Å². The van der Waals surface area contributed by atoms with Crippen LogP contribution < -0.4 is 0 Å². The zero-order valence-electron chi connectivity index (χ0n) is 9.06. The Labute approximate surface area is 117 Å². The van der Waals surface area contributed by atoms with Gasteiger partial charge in [0.2, 0.25) is 5.78 Å². The second-order valence-electron chi connectivity index (χ2n) is 3.58. The standard InChI is InChI=1S/C13H7BrClNO2/c14-9-3-1-8(2-4-9)10(7-16)13(17)11-5-6-12(15)18-11/h1-6,10H. The number of benzene rings is 1. The van der Waals surface area contributed by atoms with Crippen LogP contribution in [0.15, 0.2) is 45.3 Å². The van der Waals surface area contributed by atoms with Crippen molar-refractivity contribution in [2.24, 2.45) is 0 Å². The minimum absolute atomic E-state index is 0.0921. The van der Waals surface area contributed by atoms with E-state index < -0.39 is 11.7 Å². The maximum Gasteiger partial charge on any atom is 0.219 e. The molecule has 0 N–H and O–H groups in total. The van der Waals surface area contributed by atoms with Crippen LogP contribution in [0.4, 0.5) is 0 Å². The highest BCUT2D eigenvalue weighted by atomic mass is 79.9. The lowest BCUT2D eigenvalue weighted by molar-refractivity contribution is 0.0952. The average molecular weight is 325 g/mol. The van der Waals surface area contributed by atoms with Crippen LogP contribution >= 0.6 is 27.5 Å². The van der Waals surface area contributed by atoms with Gasteiger partial charge in [0.15, 0.2) is 11.0 Å². The molecule has 0 fully saturated rings. The molecule has 90 valence electrons. The normalized spacial score (nSPS) is 11.8. The molecule has 0 aliphatic carbocycles. The van der Waals surface area contributed by atoms with Gasteiger partial charge in [0.05, 0.1) is 6.07 Å². The van der Waals surface area contributed by atoms with Gasteiger partial charge in [-0.3, -0.25) is 4.79 Å². The molecule has 0 saturated carbocycles. The van der Waals surface area contributed by atoms with E-state index >= 15 is 0 Å². The van der Waals surface area contributed by atoms with Crippen molar-refractivity contribution in [3.8, 4) is 6.07 Å². The van der Waals surface area contributed by atoms with Gasteiger partial charge in [-0.2, -0.15) is 5.26 Å². The maximum atomic E-state index is 12.1. The highest BCUT2D eigenvalue weighted by molar-refractivity contribution is 9.10. The molecule has 2 aromatic rings.